The van der Waals surface area contributed by atoms with Gasteiger partial charge in [0.15, 0.2) is 0 Å². The Hall–Kier alpha value is -2.95. The Kier molecular flexibility index (Phi) is 7.48. The maximum atomic E-state index is 13.9. The zero-order chi connectivity index (χ0) is 27.0. The smallest absolute Gasteiger partial charge is 0.342 e. The number of hydrogen-bond donors (Lipinski definition) is 1. The predicted molar refractivity (Wildman–Crippen MR) is 149 cm³/mol. The molecule has 1 N–H and O–H groups in total. The molecule has 2 heterocycles. The minimum Gasteiger partial charge on any atom is -0.462 e. The number of halogens is 3. The number of nitrogens with zero attached hydrogens (tertiary/aromatic N) is 2. The summed E-state index contributed by atoms with van der Waals surface area (Å²) in [6, 6.07) is 13.3. The van der Waals surface area contributed by atoms with Crippen LogP contribution in [0.4, 0.5) is 10.1 Å². The van der Waals surface area contributed by atoms with Crippen LogP contribution in [0.5, 0.6) is 0 Å². The van der Waals surface area contributed by atoms with E-state index in [1.54, 1.807) is 49.5 Å². The molecule has 0 unspecified atom stereocenters. The Labute approximate surface area is 233 Å². The maximum Gasteiger partial charge on any atom is 0.342 e. The summed E-state index contributed by atoms with van der Waals surface area (Å²) in [5.74, 6) is -1.01. The van der Waals surface area contributed by atoms with Crippen LogP contribution in [0.2, 0.25) is 5.02 Å². The van der Waals surface area contributed by atoms with Crippen molar-refractivity contribution in [1.29, 1.82) is 0 Å². The first-order valence-corrected chi connectivity index (χ1v) is 14.9. The number of carbonyl (C=O) groups is 1. The minimum atomic E-state index is -3.77. The number of pyridine rings is 1. The Bertz CT molecular complexity index is 1640. The highest BCUT2D eigenvalue weighted by molar-refractivity contribution is 9.10. The highest BCUT2D eigenvalue weighted by Crippen LogP contribution is 2.45. The topological polar surface area (TPSA) is 89.8 Å². The number of ether oxygens (including phenoxy) is 1. The molecule has 1 saturated carbocycles. The molecule has 0 amide bonds. The van der Waals surface area contributed by atoms with Gasteiger partial charge in [-0.3, -0.25) is 4.72 Å². The van der Waals surface area contributed by atoms with Crippen molar-refractivity contribution in [3.63, 3.8) is 0 Å². The molecule has 7 nitrogen and oxygen atoms in total. The first-order chi connectivity index (χ1) is 18.1. The third kappa shape index (κ3) is 5.72. The van der Waals surface area contributed by atoms with Gasteiger partial charge in [0, 0.05) is 10.6 Å². The molecule has 0 radical (unpaired) electrons. The van der Waals surface area contributed by atoms with Gasteiger partial charge in [-0.25, -0.2) is 22.1 Å². The number of sulfonamides is 1. The minimum absolute atomic E-state index is 0.149. The lowest BCUT2D eigenvalue weighted by atomic mass is 10.0. The van der Waals surface area contributed by atoms with Crippen LogP contribution in [0, 0.1) is 5.82 Å². The molecular formula is C27H24BrClFN3O4S. The van der Waals surface area contributed by atoms with Gasteiger partial charge in [-0.15, -0.1) is 0 Å². The second-order valence-corrected chi connectivity index (χ2v) is 12.2. The second kappa shape index (κ2) is 10.7. The van der Waals surface area contributed by atoms with Gasteiger partial charge >= 0.3 is 5.97 Å². The lowest BCUT2D eigenvalue weighted by Gasteiger charge is -2.13. The number of rotatable bonds is 9. The summed E-state index contributed by atoms with van der Waals surface area (Å²) in [4.78, 5) is 13.0. The van der Waals surface area contributed by atoms with Crippen LogP contribution in [0.25, 0.3) is 16.8 Å². The van der Waals surface area contributed by atoms with Crippen LogP contribution < -0.4 is 4.72 Å². The van der Waals surface area contributed by atoms with E-state index in [-0.39, 0.29) is 24.7 Å². The second-order valence-electron chi connectivity index (χ2n) is 9.12. The zero-order valence-electron chi connectivity index (χ0n) is 20.4. The van der Waals surface area contributed by atoms with E-state index in [1.807, 2.05) is 6.07 Å². The fourth-order valence-electron chi connectivity index (χ4n) is 4.30. The molecule has 198 valence electrons. The quantitative estimate of drug-likeness (QED) is 0.213. The lowest BCUT2D eigenvalue weighted by Crippen LogP contribution is -2.19. The molecule has 1 fully saturated rings. The predicted octanol–water partition coefficient (Wildman–Crippen LogP) is 6.59. The Morgan fingerprint density at radius 1 is 1.21 bits per heavy atom. The number of anilines is 1. The van der Waals surface area contributed by atoms with Crippen molar-refractivity contribution in [2.75, 3.05) is 17.1 Å². The number of carbonyl (C=O) groups excluding carboxylic acids is 1. The van der Waals surface area contributed by atoms with Gasteiger partial charge in [0.2, 0.25) is 10.0 Å². The molecule has 0 atom stereocenters. The first-order valence-electron chi connectivity index (χ1n) is 12.1. The monoisotopic (exact) mass is 619 g/mol. The van der Waals surface area contributed by atoms with Crippen LogP contribution in [0.1, 0.15) is 47.2 Å². The van der Waals surface area contributed by atoms with Crippen LogP contribution in [-0.4, -0.2) is 36.4 Å². The lowest BCUT2D eigenvalue weighted by molar-refractivity contribution is 0.0529. The Balaban J connectivity index is 1.52. The van der Waals surface area contributed by atoms with Crippen molar-refractivity contribution in [1.82, 2.24) is 9.61 Å². The molecule has 2 aromatic carbocycles. The van der Waals surface area contributed by atoms with E-state index in [1.165, 1.54) is 10.6 Å². The molecule has 5 rings (SSSR count). The fourth-order valence-corrected chi connectivity index (χ4v) is 5.79. The van der Waals surface area contributed by atoms with Crippen LogP contribution >= 0.6 is 27.5 Å². The Morgan fingerprint density at radius 2 is 1.95 bits per heavy atom. The zero-order valence-corrected chi connectivity index (χ0v) is 23.5. The van der Waals surface area contributed by atoms with Crippen molar-refractivity contribution < 1.29 is 22.3 Å². The van der Waals surface area contributed by atoms with E-state index >= 15 is 0 Å². The van der Waals surface area contributed by atoms with E-state index in [2.05, 4.69) is 25.8 Å². The van der Waals surface area contributed by atoms with Crippen molar-refractivity contribution in [3.8, 4) is 11.3 Å². The highest BCUT2D eigenvalue weighted by Gasteiger charge is 2.31. The molecule has 0 bridgehead atoms. The SMILES string of the molecule is CCOC(=O)c1c(-c2ccc(Cl)cc2)nn2cc(NS(=O)(=O)CCc3ccc(Br)c(F)c3)c(C3CC3)cc12. The number of esters is 1. The van der Waals surface area contributed by atoms with Crippen molar-refractivity contribution >= 4 is 54.7 Å². The molecule has 0 spiro atoms. The van der Waals surface area contributed by atoms with Crippen molar-refractivity contribution in [3.05, 3.63) is 86.7 Å². The largest absolute Gasteiger partial charge is 0.462 e. The number of aromatic nitrogens is 2. The van der Waals surface area contributed by atoms with E-state index in [0.29, 0.717) is 43.1 Å². The van der Waals surface area contributed by atoms with Gasteiger partial charge in [0.25, 0.3) is 0 Å². The Morgan fingerprint density at radius 3 is 2.61 bits per heavy atom. The van der Waals surface area contributed by atoms with E-state index in [0.717, 1.165) is 18.4 Å². The average Bonchev–Trinajstić information content (AvgIpc) is 3.65. The van der Waals surface area contributed by atoms with Crippen LogP contribution in [-0.2, 0) is 21.2 Å². The summed E-state index contributed by atoms with van der Waals surface area (Å²) in [5, 5.41) is 5.18. The van der Waals surface area contributed by atoms with Crippen molar-refractivity contribution in [2.24, 2.45) is 0 Å². The summed E-state index contributed by atoms with van der Waals surface area (Å²) in [7, 11) is -3.77. The van der Waals surface area contributed by atoms with Gasteiger partial charge < -0.3 is 4.74 Å². The molecule has 4 aromatic rings. The summed E-state index contributed by atoms with van der Waals surface area (Å²) >= 11 is 9.16. The van der Waals surface area contributed by atoms with Gasteiger partial charge in [0.1, 0.15) is 17.1 Å². The van der Waals surface area contributed by atoms with Gasteiger partial charge in [-0.05, 0) is 89.5 Å². The number of aryl methyl sites for hydroxylation is 1. The molecule has 2 aromatic heterocycles. The number of fused-ring (bicyclic) bond motifs is 1. The van der Waals surface area contributed by atoms with Crippen molar-refractivity contribution in [2.45, 2.75) is 32.1 Å². The highest BCUT2D eigenvalue weighted by atomic mass is 79.9. The van der Waals surface area contributed by atoms with Gasteiger partial charge in [-0.2, -0.15) is 5.10 Å². The van der Waals surface area contributed by atoms with Gasteiger partial charge in [-0.1, -0.05) is 29.8 Å². The normalized spacial score (nSPS) is 13.6. The van der Waals surface area contributed by atoms with E-state index < -0.39 is 21.8 Å². The third-order valence-corrected chi connectivity index (χ3v) is 8.49. The molecule has 11 heteroatoms. The summed E-state index contributed by atoms with van der Waals surface area (Å²) in [5.41, 5.74) is 3.71. The average molecular weight is 621 g/mol. The first kappa shape index (κ1) is 26.6. The summed E-state index contributed by atoms with van der Waals surface area (Å²) in [6.45, 7) is 1.93. The molecule has 0 saturated heterocycles. The van der Waals surface area contributed by atoms with Gasteiger partial charge in [0.05, 0.1) is 34.2 Å². The maximum absolute atomic E-state index is 13.9. The standard InChI is InChI=1S/C27H24BrClFN3O4S/c1-2-37-27(34)25-24-14-20(17-4-5-17)23(15-33(24)31-26(25)18-6-8-19(29)9-7-18)32-38(35,36)12-11-16-3-10-21(28)22(30)13-16/h3,6-10,13-15,17,32H,2,4-5,11-12H2,1H3. The molecule has 38 heavy (non-hydrogen) atoms. The van der Waals surface area contributed by atoms with Crippen LogP contribution in [0.15, 0.2) is 59.2 Å². The van der Waals surface area contributed by atoms with E-state index in [9.17, 15) is 17.6 Å². The number of nitrogens with one attached hydrogen (secondary N) is 1. The number of hydrogen-bond acceptors (Lipinski definition) is 5. The number of benzene rings is 2. The summed E-state index contributed by atoms with van der Waals surface area (Å²) in [6.07, 6.45) is 3.57. The molecular weight excluding hydrogens is 597 g/mol. The van der Waals surface area contributed by atoms with E-state index in [4.69, 9.17) is 16.3 Å². The molecule has 1 aliphatic rings. The molecule has 0 aliphatic heterocycles. The fraction of sp³-hybridized carbons (Fsp3) is 0.259. The van der Waals surface area contributed by atoms with Crippen LogP contribution in [0.3, 0.4) is 0 Å². The third-order valence-electron chi connectivity index (χ3n) is 6.33. The summed E-state index contributed by atoms with van der Waals surface area (Å²) < 4.78 is 49.8. The molecule has 1 aliphatic carbocycles.